The summed E-state index contributed by atoms with van der Waals surface area (Å²) < 4.78 is 5.89. The van der Waals surface area contributed by atoms with Gasteiger partial charge in [-0.15, -0.1) is 0 Å². The third-order valence-electron chi connectivity index (χ3n) is 5.50. The van der Waals surface area contributed by atoms with E-state index in [2.05, 4.69) is 5.32 Å². The van der Waals surface area contributed by atoms with E-state index in [0.29, 0.717) is 30.0 Å². The second-order valence-electron chi connectivity index (χ2n) is 6.80. The number of nitrogens with two attached hydrogens (primary N) is 1. The van der Waals surface area contributed by atoms with E-state index in [1.165, 1.54) is 0 Å². The predicted molar refractivity (Wildman–Crippen MR) is 91.5 cm³/mol. The molecule has 3 aliphatic rings. The standard InChI is InChI=1S/C19H17N3O3/c20-12-6-7-13-14(8-12)21-17(23)19(13)9-16-22(18(19)24)15(10-25-16)11-4-2-1-3-5-11/h1-8,15-16H,9-10,20H2,(H,21,23)/t15-,16?,19+/m0/s1. The molecule has 3 aliphatic heterocycles. The summed E-state index contributed by atoms with van der Waals surface area (Å²) in [7, 11) is 0. The van der Waals surface area contributed by atoms with Crippen molar-refractivity contribution >= 4 is 23.2 Å². The zero-order valence-electron chi connectivity index (χ0n) is 13.4. The Bertz CT molecular complexity index is 898. The first kappa shape index (κ1) is 14.5. The topological polar surface area (TPSA) is 84.7 Å². The van der Waals surface area contributed by atoms with Crippen molar-refractivity contribution in [2.45, 2.75) is 24.1 Å². The number of amides is 2. The molecule has 1 unspecified atom stereocenters. The molecule has 2 fully saturated rings. The number of benzene rings is 2. The van der Waals surface area contributed by atoms with Gasteiger partial charge in [-0.2, -0.15) is 0 Å². The van der Waals surface area contributed by atoms with Gasteiger partial charge in [-0.1, -0.05) is 36.4 Å². The Hall–Kier alpha value is -2.86. The minimum Gasteiger partial charge on any atom is -0.399 e. The summed E-state index contributed by atoms with van der Waals surface area (Å²) in [4.78, 5) is 27.9. The molecule has 5 rings (SSSR count). The average molecular weight is 335 g/mol. The van der Waals surface area contributed by atoms with Crippen molar-refractivity contribution in [3.8, 4) is 0 Å². The highest BCUT2D eigenvalue weighted by Crippen LogP contribution is 2.52. The quantitative estimate of drug-likeness (QED) is 0.615. The Morgan fingerprint density at radius 2 is 1.96 bits per heavy atom. The van der Waals surface area contributed by atoms with Crippen LogP contribution in [0.3, 0.4) is 0 Å². The Morgan fingerprint density at radius 1 is 1.16 bits per heavy atom. The molecule has 3 N–H and O–H groups in total. The van der Waals surface area contributed by atoms with Crippen LogP contribution in [0.25, 0.3) is 0 Å². The predicted octanol–water partition coefficient (Wildman–Crippen LogP) is 1.79. The highest BCUT2D eigenvalue weighted by Gasteiger charge is 2.64. The molecule has 0 aliphatic carbocycles. The summed E-state index contributed by atoms with van der Waals surface area (Å²) in [6, 6.07) is 14.8. The second kappa shape index (κ2) is 4.83. The molecule has 2 amide bonds. The van der Waals surface area contributed by atoms with E-state index in [1.807, 2.05) is 30.3 Å². The van der Waals surface area contributed by atoms with Crippen LogP contribution >= 0.6 is 0 Å². The van der Waals surface area contributed by atoms with Crippen LogP contribution in [0, 0.1) is 0 Å². The first-order chi connectivity index (χ1) is 12.1. The van der Waals surface area contributed by atoms with Crippen molar-refractivity contribution in [1.29, 1.82) is 0 Å². The van der Waals surface area contributed by atoms with Gasteiger partial charge in [0.2, 0.25) is 11.8 Å². The summed E-state index contributed by atoms with van der Waals surface area (Å²) in [5, 5.41) is 2.82. The van der Waals surface area contributed by atoms with Crippen LogP contribution in [-0.2, 0) is 19.7 Å². The molecule has 25 heavy (non-hydrogen) atoms. The fraction of sp³-hybridized carbons (Fsp3) is 0.263. The number of fused-ring (bicyclic) bond motifs is 3. The van der Waals surface area contributed by atoms with Gasteiger partial charge in [0, 0.05) is 23.4 Å². The van der Waals surface area contributed by atoms with Crippen molar-refractivity contribution in [2.75, 3.05) is 17.7 Å². The minimum atomic E-state index is -1.21. The molecule has 6 heteroatoms. The maximum absolute atomic E-state index is 13.4. The summed E-state index contributed by atoms with van der Waals surface area (Å²) in [6.45, 7) is 0.451. The van der Waals surface area contributed by atoms with Crippen LogP contribution < -0.4 is 11.1 Å². The number of rotatable bonds is 1. The van der Waals surface area contributed by atoms with E-state index < -0.39 is 5.41 Å². The molecule has 126 valence electrons. The molecule has 2 aromatic carbocycles. The molecule has 6 nitrogen and oxygen atoms in total. The van der Waals surface area contributed by atoms with Gasteiger partial charge in [0.15, 0.2) is 5.41 Å². The largest absolute Gasteiger partial charge is 0.399 e. The van der Waals surface area contributed by atoms with Gasteiger partial charge in [0.05, 0.1) is 12.6 Å². The minimum absolute atomic E-state index is 0.163. The van der Waals surface area contributed by atoms with E-state index >= 15 is 0 Å². The second-order valence-corrected chi connectivity index (χ2v) is 6.80. The average Bonchev–Trinajstić information content (AvgIpc) is 3.23. The molecule has 0 saturated carbocycles. The van der Waals surface area contributed by atoms with Gasteiger partial charge >= 0.3 is 0 Å². The van der Waals surface area contributed by atoms with Crippen LogP contribution in [0.4, 0.5) is 11.4 Å². The summed E-state index contributed by atoms with van der Waals surface area (Å²) in [5.41, 5.74) is 7.50. The van der Waals surface area contributed by atoms with Gasteiger partial charge in [-0.05, 0) is 17.7 Å². The molecular weight excluding hydrogens is 318 g/mol. The molecule has 1 spiro atoms. The zero-order chi connectivity index (χ0) is 17.2. The Labute approximate surface area is 144 Å². The SMILES string of the molecule is Nc1ccc2c(c1)NC(=O)[C@@]21CC2OC[C@@H](c3ccccc3)N2C1=O. The maximum atomic E-state index is 13.4. The van der Waals surface area contributed by atoms with Crippen molar-refractivity contribution in [3.05, 3.63) is 59.7 Å². The highest BCUT2D eigenvalue weighted by molar-refractivity contribution is 6.22. The number of carbonyl (C=O) groups is 2. The number of hydrogen-bond acceptors (Lipinski definition) is 4. The third-order valence-corrected chi connectivity index (χ3v) is 5.50. The van der Waals surface area contributed by atoms with E-state index in [4.69, 9.17) is 10.5 Å². The molecule has 0 radical (unpaired) electrons. The van der Waals surface area contributed by atoms with Crippen LogP contribution in [0.1, 0.15) is 23.6 Å². The normalized spacial score (nSPS) is 29.8. The Kier molecular flexibility index (Phi) is 2.80. The smallest absolute Gasteiger partial charge is 0.245 e. The highest BCUT2D eigenvalue weighted by atomic mass is 16.5. The van der Waals surface area contributed by atoms with Gasteiger partial charge in [-0.3, -0.25) is 9.59 Å². The summed E-state index contributed by atoms with van der Waals surface area (Å²) in [6.07, 6.45) is -0.0512. The third kappa shape index (κ3) is 1.77. The van der Waals surface area contributed by atoms with E-state index in [-0.39, 0.29) is 24.1 Å². The molecule has 3 heterocycles. The monoisotopic (exact) mass is 335 g/mol. The van der Waals surface area contributed by atoms with Crippen molar-refractivity contribution in [3.63, 3.8) is 0 Å². The number of nitrogens with one attached hydrogen (secondary N) is 1. The van der Waals surface area contributed by atoms with Gasteiger partial charge in [0.25, 0.3) is 0 Å². The molecule has 2 aromatic rings. The van der Waals surface area contributed by atoms with Gasteiger partial charge < -0.3 is 20.7 Å². The molecular formula is C19H17N3O3. The first-order valence-corrected chi connectivity index (χ1v) is 8.32. The molecule has 0 bridgehead atoms. The number of nitrogens with zero attached hydrogens (tertiary/aromatic N) is 1. The lowest BCUT2D eigenvalue weighted by Crippen LogP contribution is -2.44. The van der Waals surface area contributed by atoms with Crippen LogP contribution in [0.5, 0.6) is 0 Å². The number of anilines is 2. The van der Waals surface area contributed by atoms with Gasteiger partial charge in [0.1, 0.15) is 6.23 Å². The maximum Gasteiger partial charge on any atom is 0.245 e. The van der Waals surface area contributed by atoms with Crippen molar-refractivity contribution < 1.29 is 14.3 Å². The van der Waals surface area contributed by atoms with E-state index in [0.717, 1.165) is 5.56 Å². The lowest BCUT2D eigenvalue weighted by atomic mass is 9.79. The van der Waals surface area contributed by atoms with E-state index in [1.54, 1.807) is 23.1 Å². The van der Waals surface area contributed by atoms with Crippen molar-refractivity contribution in [1.82, 2.24) is 4.90 Å². The number of carbonyl (C=O) groups excluding carboxylic acids is 2. The van der Waals surface area contributed by atoms with E-state index in [9.17, 15) is 9.59 Å². The lowest BCUT2D eigenvalue weighted by Gasteiger charge is -2.25. The Balaban J connectivity index is 1.59. The number of nitrogen functional groups attached to an aromatic ring is 1. The number of ether oxygens (including phenoxy) is 1. The summed E-state index contributed by atoms with van der Waals surface area (Å²) >= 11 is 0. The Morgan fingerprint density at radius 3 is 2.76 bits per heavy atom. The molecule has 3 atom stereocenters. The van der Waals surface area contributed by atoms with Gasteiger partial charge in [-0.25, -0.2) is 0 Å². The van der Waals surface area contributed by atoms with Crippen LogP contribution in [-0.4, -0.2) is 29.5 Å². The molecule has 2 saturated heterocycles. The fourth-order valence-electron chi connectivity index (χ4n) is 4.30. The van der Waals surface area contributed by atoms with Crippen LogP contribution in [0.2, 0.25) is 0 Å². The lowest BCUT2D eigenvalue weighted by molar-refractivity contribution is -0.139. The van der Waals surface area contributed by atoms with Crippen molar-refractivity contribution in [2.24, 2.45) is 0 Å². The molecule has 0 aromatic heterocycles. The fourth-order valence-corrected chi connectivity index (χ4v) is 4.30. The zero-order valence-corrected chi connectivity index (χ0v) is 13.4. The van der Waals surface area contributed by atoms with Crippen LogP contribution in [0.15, 0.2) is 48.5 Å². The first-order valence-electron chi connectivity index (χ1n) is 8.32. The summed E-state index contributed by atoms with van der Waals surface area (Å²) in [5.74, 6) is -0.479. The number of hydrogen-bond donors (Lipinski definition) is 2.